The van der Waals surface area contributed by atoms with E-state index in [1.54, 1.807) is 31.1 Å². The fraction of sp³-hybridized carbons (Fsp3) is 0.524. The number of urea groups is 1. The van der Waals surface area contributed by atoms with Crippen LogP contribution in [0, 0.1) is 24.6 Å². The van der Waals surface area contributed by atoms with Crippen LogP contribution >= 0.6 is 0 Å². The maximum atomic E-state index is 13.9. The van der Waals surface area contributed by atoms with Crippen molar-refractivity contribution in [2.24, 2.45) is 18.9 Å². The highest BCUT2D eigenvalue weighted by atomic mass is 19.1. The second-order valence-electron chi connectivity index (χ2n) is 8.30. The molecule has 0 bridgehead atoms. The summed E-state index contributed by atoms with van der Waals surface area (Å²) in [5.41, 5.74) is 2.09. The number of aromatic nitrogens is 2. The van der Waals surface area contributed by atoms with Crippen LogP contribution in [-0.2, 0) is 13.6 Å². The zero-order valence-electron chi connectivity index (χ0n) is 17.0. The lowest BCUT2D eigenvalue weighted by Crippen LogP contribution is -2.41. The summed E-state index contributed by atoms with van der Waals surface area (Å²) < 4.78 is 16.1. The number of carbonyl (C=O) groups is 1. The van der Waals surface area contributed by atoms with Crippen LogP contribution in [0.25, 0.3) is 0 Å². The van der Waals surface area contributed by atoms with E-state index in [4.69, 9.17) is 0 Å². The number of nitrogens with zero attached hydrogens (tertiary/aromatic N) is 5. The lowest BCUT2D eigenvalue weighted by Gasteiger charge is -2.32. The van der Waals surface area contributed by atoms with Crippen molar-refractivity contribution >= 4 is 6.03 Å². The third kappa shape index (κ3) is 3.28. The molecule has 0 aliphatic carbocycles. The van der Waals surface area contributed by atoms with E-state index in [9.17, 15) is 9.18 Å². The molecule has 2 aromatic rings. The van der Waals surface area contributed by atoms with Gasteiger partial charge >= 0.3 is 6.03 Å². The minimum atomic E-state index is -0.251. The number of hydrogen-bond acceptors (Lipinski definition) is 3. The molecule has 7 heteroatoms. The smallest absolute Gasteiger partial charge is 0.320 e. The van der Waals surface area contributed by atoms with Gasteiger partial charge in [0, 0.05) is 59.4 Å². The molecule has 150 valence electrons. The zero-order valence-corrected chi connectivity index (χ0v) is 17.0. The first-order valence-electron chi connectivity index (χ1n) is 9.78. The molecule has 2 fully saturated rings. The Morgan fingerprint density at radius 3 is 2.71 bits per heavy atom. The maximum Gasteiger partial charge on any atom is 0.320 e. The van der Waals surface area contributed by atoms with Crippen molar-refractivity contribution in [2.45, 2.75) is 19.5 Å². The molecule has 0 unspecified atom stereocenters. The van der Waals surface area contributed by atoms with E-state index in [1.807, 2.05) is 31.1 Å². The summed E-state index contributed by atoms with van der Waals surface area (Å²) in [4.78, 5) is 23.2. The number of amides is 2. The summed E-state index contributed by atoms with van der Waals surface area (Å²) >= 11 is 0. The van der Waals surface area contributed by atoms with Crippen molar-refractivity contribution in [3.8, 4) is 0 Å². The number of likely N-dealkylation sites (tertiary alicyclic amines) is 2. The summed E-state index contributed by atoms with van der Waals surface area (Å²) in [6.45, 7) is 5.41. The van der Waals surface area contributed by atoms with Crippen molar-refractivity contribution in [3.05, 3.63) is 53.4 Å². The Morgan fingerprint density at radius 1 is 1.29 bits per heavy atom. The van der Waals surface area contributed by atoms with Crippen LogP contribution in [0.1, 0.15) is 23.1 Å². The van der Waals surface area contributed by atoms with Crippen molar-refractivity contribution < 1.29 is 9.18 Å². The van der Waals surface area contributed by atoms with Gasteiger partial charge in [0.15, 0.2) is 0 Å². The van der Waals surface area contributed by atoms with Crippen LogP contribution in [0.15, 0.2) is 30.5 Å². The van der Waals surface area contributed by atoms with Gasteiger partial charge in [0.05, 0.1) is 11.7 Å². The molecule has 4 rings (SSSR count). The molecule has 3 atom stereocenters. The van der Waals surface area contributed by atoms with E-state index < -0.39 is 0 Å². The third-order valence-corrected chi connectivity index (χ3v) is 6.26. The van der Waals surface area contributed by atoms with Gasteiger partial charge in [-0.15, -0.1) is 0 Å². The minimum Gasteiger partial charge on any atom is -0.334 e. The van der Waals surface area contributed by atoms with Crippen LogP contribution in [0.3, 0.4) is 0 Å². The number of rotatable bonds is 3. The average molecular weight is 385 g/mol. The zero-order chi connectivity index (χ0) is 20.0. The van der Waals surface area contributed by atoms with Crippen molar-refractivity contribution in [2.75, 3.05) is 33.7 Å². The van der Waals surface area contributed by atoms with Gasteiger partial charge in [-0.05, 0) is 30.5 Å². The molecule has 2 saturated heterocycles. The van der Waals surface area contributed by atoms with E-state index in [0.717, 1.165) is 31.0 Å². The Labute approximate surface area is 165 Å². The first-order chi connectivity index (χ1) is 13.3. The first kappa shape index (κ1) is 18.9. The fourth-order valence-corrected chi connectivity index (χ4v) is 4.76. The fourth-order valence-electron chi connectivity index (χ4n) is 4.76. The lowest BCUT2D eigenvalue weighted by molar-refractivity contribution is 0.151. The van der Waals surface area contributed by atoms with Crippen molar-refractivity contribution in [3.63, 3.8) is 0 Å². The molecule has 0 radical (unpaired) electrons. The summed E-state index contributed by atoms with van der Waals surface area (Å²) in [5, 5.41) is 0. The number of halogens is 1. The van der Waals surface area contributed by atoms with Crippen molar-refractivity contribution in [1.29, 1.82) is 0 Å². The van der Waals surface area contributed by atoms with Crippen molar-refractivity contribution in [1.82, 2.24) is 24.3 Å². The third-order valence-electron chi connectivity index (χ3n) is 6.26. The topological polar surface area (TPSA) is 44.6 Å². The van der Waals surface area contributed by atoms with E-state index in [1.165, 1.54) is 11.8 Å². The molecule has 28 heavy (non-hydrogen) atoms. The molecule has 3 heterocycles. The number of benzene rings is 1. The Hall–Kier alpha value is -2.41. The van der Waals surface area contributed by atoms with E-state index >= 15 is 0 Å². The molecule has 1 aromatic heterocycles. The van der Waals surface area contributed by atoms with Crippen LogP contribution in [0.2, 0.25) is 0 Å². The lowest BCUT2D eigenvalue weighted by atomic mass is 9.89. The van der Waals surface area contributed by atoms with Crippen LogP contribution in [0.4, 0.5) is 9.18 Å². The number of aryl methyl sites for hydroxylation is 1. The predicted molar refractivity (Wildman–Crippen MR) is 105 cm³/mol. The van der Waals surface area contributed by atoms with Gasteiger partial charge in [-0.3, -0.25) is 4.90 Å². The average Bonchev–Trinajstić information content (AvgIpc) is 3.29. The summed E-state index contributed by atoms with van der Waals surface area (Å²) in [5.74, 6) is 1.46. The van der Waals surface area contributed by atoms with Crippen LogP contribution in [0.5, 0.6) is 0 Å². The van der Waals surface area contributed by atoms with Gasteiger partial charge in [-0.25, -0.2) is 14.2 Å². The Kier molecular flexibility index (Phi) is 4.87. The van der Waals surface area contributed by atoms with Gasteiger partial charge in [-0.1, -0.05) is 12.1 Å². The molecule has 0 N–H and O–H groups in total. The minimum absolute atomic E-state index is 0.00234. The predicted octanol–water partition coefficient (Wildman–Crippen LogP) is 2.65. The van der Waals surface area contributed by atoms with Crippen LogP contribution < -0.4 is 0 Å². The molecular formula is C21H28FN5O. The Morgan fingerprint density at radius 2 is 2.07 bits per heavy atom. The summed E-state index contributed by atoms with van der Waals surface area (Å²) in [6, 6.07) is 6.63. The van der Waals surface area contributed by atoms with Gasteiger partial charge in [0.25, 0.3) is 0 Å². The Balaban J connectivity index is 1.58. The molecule has 0 saturated carbocycles. The Bertz CT molecular complexity index is 879. The maximum absolute atomic E-state index is 13.9. The van der Waals surface area contributed by atoms with Gasteiger partial charge < -0.3 is 14.4 Å². The number of hydrogen-bond donors (Lipinski definition) is 0. The second-order valence-corrected chi connectivity index (χ2v) is 8.30. The standard InChI is InChI=1S/C21H28FN5O/c1-14-23-9-18(25(14)4)12-26-10-16-11-27(21(28)24(2)3)20(19(16)13-26)15-6-5-7-17(22)8-15/h5-9,16,19-20H,10-13H2,1-4H3/t16-,19-,20-/m1/s1. The SMILES string of the molecule is Cc1ncc(CN2C[C@@H]3CN(C(=O)N(C)C)[C@H](c4cccc(F)c4)[C@@H]3C2)n1C. The van der Waals surface area contributed by atoms with Crippen LogP contribution in [-0.4, -0.2) is 64.0 Å². The van der Waals surface area contributed by atoms with E-state index in [0.29, 0.717) is 18.4 Å². The quantitative estimate of drug-likeness (QED) is 0.816. The number of imidazole rings is 1. The van der Waals surface area contributed by atoms with Gasteiger partial charge in [0.1, 0.15) is 11.6 Å². The molecular weight excluding hydrogens is 357 g/mol. The number of carbonyl (C=O) groups excluding carboxylic acids is 1. The highest BCUT2D eigenvalue weighted by Gasteiger charge is 2.49. The van der Waals surface area contributed by atoms with E-state index in [-0.39, 0.29) is 17.9 Å². The molecule has 1 aromatic carbocycles. The molecule has 0 spiro atoms. The highest BCUT2D eigenvalue weighted by molar-refractivity contribution is 5.75. The largest absolute Gasteiger partial charge is 0.334 e. The highest BCUT2D eigenvalue weighted by Crippen LogP contribution is 2.45. The summed E-state index contributed by atoms with van der Waals surface area (Å²) in [6.07, 6.45) is 1.94. The van der Waals surface area contributed by atoms with Gasteiger partial charge in [-0.2, -0.15) is 0 Å². The molecule has 2 aliphatic heterocycles. The number of fused-ring (bicyclic) bond motifs is 1. The summed E-state index contributed by atoms with van der Waals surface area (Å²) in [7, 11) is 5.59. The normalized spacial score (nSPS) is 24.6. The molecule has 2 aliphatic rings. The monoisotopic (exact) mass is 385 g/mol. The van der Waals surface area contributed by atoms with E-state index in [2.05, 4.69) is 14.5 Å². The molecule has 2 amide bonds. The van der Waals surface area contributed by atoms with Gasteiger partial charge in [0.2, 0.25) is 0 Å². The first-order valence-corrected chi connectivity index (χ1v) is 9.78. The molecule has 6 nitrogen and oxygen atoms in total. The second kappa shape index (κ2) is 7.20.